The maximum absolute atomic E-state index is 14.7. The van der Waals surface area contributed by atoms with Crippen LogP contribution in [0.4, 0.5) is 0 Å². The van der Waals surface area contributed by atoms with Crippen molar-refractivity contribution in [3.63, 3.8) is 0 Å². The first-order valence-corrected chi connectivity index (χ1v) is 27.0. The zero-order chi connectivity index (χ0) is 55.2. The summed E-state index contributed by atoms with van der Waals surface area (Å²) in [6.45, 7) is 14.4. The summed E-state index contributed by atoms with van der Waals surface area (Å²) in [6, 6.07) is 15.2. The van der Waals surface area contributed by atoms with Crippen molar-refractivity contribution in [1.82, 2.24) is 52.3 Å². The minimum atomic E-state index is -0.997. The van der Waals surface area contributed by atoms with Gasteiger partial charge in [-0.2, -0.15) is 0 Å². The van der Waals surface area contributed by atoms with Gasteiger partial charge in [0.2, 0.25) is 35.4 Å². The molecule has 418 valence electrons. The number of fused-ring (bicyclic) bond motifs is 2. The van der Waals surface area contributed by atoms with Gasteiger partial charge in [-0.3, -0.25) is 38.4 Å². The standard InChI is InChI=1S/C58H80N10O8.CH4/c1-33(59-9)49(69)65-47(57(3,4)5)55(75)67-31-39(29-45(67)53(73)63-43-26-16-20-35-18-11-13-24-41(35)43)61-51(71)37-22-15-23-38(28-37)52(72)62-40-30-46(54(74)64-44-27-17-21-36-19-12-14-25-42(36)44)68(32-40)56(76)48(58(6,7)8)66-50(70)34(2)60-10;/h11-15,18-19,22-25,28,33-34,39-40,43-48,59-60H,16-17,20-21,26-27,29-32H2,1-10H3,(H,61,71)(H,62,72)(H,63,73)(H,64,74)(H,65,69)(H,66,70);1H4/t33-,34-,39-,40+,43+,44+,45-,46-,47+,48+;/m0./s1. The van der Waals surface area contributed by atoms with Crippen LogP contribution in [-0.4, -0.2) is 133 Å². The van der Waals surface area contributed by atoms with E-state index < -0.39 is 82.8 Å². The molecule has 2 fully saturated rings. The molecule has 2 heterocycles. The Bertz CT molecular complexity index is 2490. The van der Waals surface area contributed by atoms with Crippen molar-refractivity contribution >= 4 is 47.3 Å². The Hall–Kier alpha value is -6.66. The third kappa shape index (κ3) is 14.1. The van der Waals surface area contributed by atoms with E-state index in [0.29, 0.717) is 0 Å². The van der Waals surface area contributed by atoms with Crippen molar-refractivity contribution < 1.29 is 38.4 Å². The van der Waals surface area contributed by atoms with Crippen molar-refractivity contribution in [3.05, 3.63) is 106 Å². The molecule has 18 nitrogen and oxygen atoms in total. The lowest BCUT2D eigenvalue weighted by Crippen LogP contribution is -2.59. The van der Waals surface area contributed by atoms with E-state index in [4.69, 9.17) is 0 Å². The number of nitrogens with zero attached hydrogens (tertiary/aromatic N) is 2. The molecular formula is C59H84N10O8. The van der Waals surface area contributed by atoms with Gasteiger partial charge in [-0.05, 0) is 131 Å². The van der Waals surface area contributed by atoms with Gasteiger partial charge in [0.15, 0.2) is 0 Å². The molecule has 77 heavy (non-hydrogen) atoms. The monoisotopic (exact) mass is 1060 g/mol. The van der Waals surface area contributed by atoms with Gasteiger partial charge >= 0.3 is 0 Å². The summed E-state index contributed by atoms with van der Waals surface area (Å²) in [6.07, 6.45) is 5.23. The van der Waals surface area contributed by atoms with E-state index in [9.17, 15) is 38.4 Å². The number of amides is 8. The largest absolute Gasteiger partial charge is 0.347 e. The van der Waals surface area contributed by atoms with Crippen LogP contribution >= 0.6 is 0 Å². The summed E-state index contributed by atoms with van der Waals surface area (Å²) < 4.78 is 0. The second kappa shape index (κ2) is 25.2. The maximum Gasteiger partial charge on any atom is 0.251 e. The van der Waals surface area contributed by atoms with E-state index in [-0.39, 0.29) is 80.2 Å². The number of nitrogens with one attached hydrogen (secondary N) is 8. The van der Waals surface area contributed by atoms with Crippen molar-refractivity contribution in [2.75, 3.05) is 27.2 Å². The number of rotatable bonds is 16. The number of aryl methyl sites for hydroxylation is 2. The molecule has 8 N–H and O–H groups in total. The van der Waals surface area contributed by atoms with Crippen molar-refractivity contribution in [2.45, 2.75) is 175 Å². The van der Waals surface area contributed by atoms with Crippen molar-refractivity contribution in [2.24, 2.45) is 10.8 Å². The predicted octanol–water partition coefficient (Wildman–Crippen LogP) is 4.39. The summed E-state index contributed by atoms with van der Waals surface area (Å²) >= 11 is 0. The highest BCUT2D eigenvalue weighted by atomic mass is 16.2. The van der Waals surface area contributed by atoms with Gasteiger partial charge in [0.25, 0.3) is 11.8 Å². The van der Waals surface area contributed by atoms with Crippen LogP contribution in [0.1, 0.15) is 156 Å². The van der Waals surface area contributed by atoms with Crippen molar-refractivity contribution in [1.29, 1.82) is 0 Å². The van der Waals surface area contributed by atoms with Gasteiger partial charge in [-0.25, -0.2) is 0 Å². The van der Waals surface area contributed by atoms with Crippen LogP contribution in [-0.2, 0) is 41.6 Å². The highest BCUT2D eigenvalue weighted by Gasteiger charge is 2.48. The van der Waals surface area contributed by atoms with Crippen LogP contribution in [0.2, 0.25) is 0 Å². The molecule has 2 aliphatic carbocycles. The van der Waals surface area contributed by atoms with E-state index in [1.807, 2.05) is 77.9 Å². The molecule has 2 saturated heterocycles. The molecule has 2 aliphatic heterocycles. The molecule has 0 radical (unpaired) electrons. The first-order valence-electron chi connectivity index (χ1n) is 27.0. The molecule has 0 unspecified atom stereocenters. The van der Waals surface area contributed by atoms with Gasteiger partial charge in [0, 0.05) is 36.3 Å². The zero-order valence-electron chi connectivity index (χ0n) is 45.9. The molecule has 10 atom stereocenters. The highest BCUT2D eigenvalue weighted by Crippen LogP contribution is 2.34. The summed E-state index contributed by atoms with van der Waals surface area (Å²) in [4.78, 5) is 116. The van der Waals surface area contributed by atoms with E-state index in [1.54, 1.807) is 46.1 Å². The van der Waals surface area contributed by atoms with Crippen LogP contribution in [0.25, 0.3) is 0 Å². The van der Waals surface area contributed by atoms with Crippen LogP contribution < -0.4 is 42.5 Å². The molecule has 18 heteroatoms. The van der Waals surface area contributed by atoms with Gasteiger partial charge < -0.3 is 52.3 Å². The van der Waals surface area contributed by atoms with Crippen LogP contribution in [0.15, 0.2) is 72.8 Å². The number of hydrogen-bond acceptors (Lipinski definition) is 10. The molecule has 8 amide bonds. The summed E-state index contributed by atoms with van der Waals surface area (Å²) in [5.74, 6) is -3.41. The average Bonchev–Trinajstić information content (AvgIpc) is 4.03. The second-order valence-electron chi connectivity index (χ2n) is 23.3. The minimum Gasteiger partial charge on any atom is -0.347 e. The molecule has 0 aromatic heterocycles. The third-order valence-electron chi connectivity index (χ3n) is 15.7. The molecule has 0 bridgehead atoms. The third-order valence-corrected chi connectivity index (χ3v) is 15.7. The Balaban J connectivity index is 0.00000961. The molecule has 0 spiro atoms. The normalized spacial score (nSPS) is 22.6. The number of carbonyl (C=O) groups is 8. The van der Waals surface area contributed by atoms with E-state index in [2.05, 4.69) is 54.7 Å². The lowest BCUT2D eigenvalue weighted by Gasteiger charge is -2.36. The van der Waals surface area contributed by atoms with E-state index in [0.717, 1.165) is 60.8 Å². The Morgan fingerprint density at radius 2 is 0.909 bits per heavy atom. The molecule has 7 rings (SSSR count). The SMILES string of the molecule is C.CN[C@@H](C)C(=O)N[C@H](C(=O)N1C[C@H](NC(=O)c2cccc(C(=O)N[C@H]3C[C@@H](C(=O)N[C@@H]4CCCc5ccccc54)N(C(=O)[C@@H](NC(=O)[C@H](C)NC)C(C)(C)C)C3)c2)C[C@H]1C(=O)N[C@@H]1CCCc2ccccc21)C(C)(C)C. The first-order chi connectivity index (χ1) is 36.0. The summed E-state index contributed by atoms with van der Waals surface area (Å²) in [5, 5.41) is 24.1. The molecular weight excluding hydrogens is 977 g/mol. The lowest BCUT2D eigenvalue weighted by atomic mass is 9.85. The number of benzene rings is 3. The second-order valence-corrected chi connectivity index (χ2v) is 23.3. The van der Waals surface area contributed by atoms with Crippen molar-refractivity contribution in [3.8, 4) is 0 Å². The van der Waals surface area contributed by atoms with Gasteiger partial charge in [0.1, 0.15) is 24.2 Å². The highest BCUT2D eigenvalue weighted by molar-refractivity contribution is 6.01. The lowest BCUT2D eigenvalue weighted by molar-refractivity contribution is -0.144. The molecule has 3 aromatic rings. The molecule has 3 aromatic carbocycles. The maximum atomic E-state index is 14.7. The molecule has 4 aliphatic rings. The number of likely N-dealkylation sites (N-methyl/N-ethyl adjacent to an activating group) is 2. The van der Waals surface area contributed by atoms with Crippen LogP contribution in [0, 0.1) is 10.8 Å². The zero-order valence-corrected chi connectivity index (χ0v) is 45.9. The van der Waals surface area contributed by atoms with Crippen LogP contribution in [0.5, 0.6) is 0 Å². The summed E-state index contributed by atoms with van der Waals surface area (Å²) in [5.41, 5.74) is 3.22. The van der Waals surface area contributed by atoms with Gasteiger partial charge in [-0.1, -0.05) is 104 Å². The van der Waals surface area contributed by atoms with E-state index in [1.165, 1.54) is 15.9 Å². The van der Waals surface area contributed by atoms with Gasteiger partial charge in [0.05, 0.1) is 24.2 Å². The fraction of sp³-hybridized carbons (Fsp3) is 0.559. The Morgan fingerprint density at radius 1 is 0.532 bits per heavy atom. The predicted molar refractivity (Wildman–Crippen MR) is 296 cm³/mol. The topological polar surface area (TPSA) is 239 Å². The average molecular weight is 1060 g/mol. The first kappa shape index (κ1) is 59.6. The Kier molecular flexibility index (Phi) is 19.5. The number of likely N-dealkylation sites (tertiary alicyclic amines) is 2. The Labute approximate surface area is 455 Å². The Morgan fingerprint density at radius 3 is 1.27 bits per heavy atom. The van der Waals surface area contributed by atoms with E-state index >= 15 is 0 Å². The number of carbonyl (C=O) groups excluding carboxylic acids is 8. The molecule has 0 saturated carbocycles. The van der Waals surface area contributed by atoms with Gasteiger partial charge in [-0.15, -0.1) is 0 Å². The minimum absolute atomic E-state index is 0. The number of hydrogen-bond donors (Lipinski definition) is 8. The quantitative estimate of drug-likeness (QED) is 0.101. The summed E-state index contributed by atoms with van der Waals surface area (Å²) in [7, 11) is 3.31. The fourth-order valence-corrected chi connectivity index (χ4v) is 11.0. The fourth-order valence-electron chi connectivity index (χ4n) is 11.0. The smallest absolute Gasteiger partial charge is 0.251 e. The van der Waals surface area contributed by atoms with Crippen LogP contribution in [0.3, 0.4) is 0 Å².